The normalized spacial score (nSPS) is 21.7. The third kappa shape index (κ3) is 2.96. The maximum atomic E-state index is 12.1. The number of fused-ring (bicyclic) bond motifs is 1. The van der Waals surface area contributed by atoms with E-state index in [1.807, 2.05) is 0 Å². The molecule has 0 aromatic heterocycles. The Kier molecular flexibility index (Phi) is 4.21. The summed E-state index contributed by atoms with van der Waals surface area (Å²) in [4.78, 5) is 12.1. The second kappa shape index (κ2) is 6.27. The highest BCUT2D eigenvalue weighted by Crippen LogP contribution is 2.26. The van der Waals surface area contributed by atoms with Crippen molar-refractivity contribution >= 4 is 11.6 Å². The van der Waals surface area contributed by atoms with Gasteiger partial charge in [0.25, 0.3) is 0 Å². The largest absolute Gasteiger partial charge is 0.385 e. The van der Waals surface area contributed by atoms with Crippen LogP contribution in [0.15, 0.2) is 18.2 Å². The van der Waals surface area contributed by atoms with E-state index in [-0.39, 0.29) is 12.0 Å². The van der Waals surface area contributed by atoms with Gasteiger partial charge in [0.2, 0.25) is 5.91 Å². The minimum atomic E-state index is -0.253. The molecule has 0 spiro atoms. The van der Waals surface area contributed by atoms with Gasteiger partial charge in [-0.25, -0.2) is 0 Å². The Balaban J connectivity index is 1.62. The average molecular weight is 274 g/mol. The molecule has 0 saturated carbocycles. The van der Waals surface area contributed by atoms with Crippen LogP contribution in [-0.4, -0.2) is 25.2 Å². The maximum absolute atomic E-state index is 12.1. The van der Waals surface area contributed by atoms with Crippen molar-refractivity contribution in [3.8, 4) is 0 Å². The highest BCUT2D eigenvalue weighted by atomic mass is 16.5. The smallest absolute Gasteiger partial charge is 0.249 e. The molecule has 108 valence electrons. The van der Waals surface area contributed by atoms with Gasteiger partial charge in [-0.3, -0.25) is 4.79 Å². The summed E-state index contributed by atoms with van der Waals surface area (Å²) in [7, 11) is 0. The van der Waals surface area contributed by atoms with Gasteiger partial charge in [0.05, 0.1) is 0 Å². The average Bonchev–Trinajstić information content (AvgIpc) is 2.53. The van der Waals surface area contributed by atoms with Crippen LogP contribution in [0.1, 0.15) is 36.8 Å². The number of rotatable bonds is 3. The summed E-state index contributed by atoms with van der Waals surface area (Å²) in [5, 5.41) is 6.47. The molecule has 3 rings (SSSR count). The van der Waals surface area contributed by atoms with E-state index in [1.165, 1.54) is 23.2 Å². The van der Waals surface area contributed by atoms with E-state index in [0.29, 0.717) is 13.2 Å². The number of nitrogens with one attached hydrogen (secondary N) is 2. The van der Waals surface area contributed by atoms with Gasteiger partial charge in [-0.05, 0) is 43.2 Å². The Morgan fingerprint density at radius 1 is 1.35 bits per heavy atom. The first-order valence-corrected chi connectivity index (χ1v) is 7.58. The first kappa shape index (κ1) is 13.4. The molecule has 1 atom stereocenters. The van der Waals surface area contributed by atoms with E-state index in [0.717, 1.165) is 32.2 Å². The van der Waals surface area contributed by atoms with Crippen molar-refractivity contribution in [2.45, 2.75) is 44.8 Å². The summed E-state index contributed by atoms with van der Waals surface area (Å²) in [6.45, 7) is 2.30. The fraction of sp³-hybridized carbons (Fsp3) is 0.562. The van der Waals surface area contributed by atoms with Crippen molar-refractivity contribution < 1.29 is 9.53 Å². The predicted octanol–water partition coefficient (Wildman–Crippen LogP) is 2.23. The minimum absolute atomic E-state index is 0.0260. The van der Waals surface area contributed by atoms with Crippen LogP contribution in [0.2, 0.25) is 0 Å². The monoisotopic (exact) mass is 274 g/mol. The summed E-state index contributed by atoms with van der Waals surface area (Å²) in [5.74, 6) is 0.0260. The zero-order valence-corrected chi connectivity index (χ0v) is 11.8. The standard InChI is InChI=1S/C16H22N2O2/c19-16(14-8-1-2-10-20-14)18-11-13-6-3-5-12-7-4-9-17-15(12)13/h3,5-6,14,17H,1-2,4,7-11H2,(H,18,19). The van der Waals surface area contributed by atoms with E-state index in [4.69, 9.17) is 4.74 Å². The summed E-state index contributed by atoms with van der Waals surface area (Å²) in [6, 6.07) is 6.32. The fourth-order valence-electron chi connectivity index (χ4n) is 2.97. The topological polar surface area (TPSA) is 50.4 Å². The zero-order valence-electron chi connectivity index (χ0n) is 11.8. The summed E-state index contributed by atoms with van der Waals surface area (Å²) in [5.41, 5.74) is 3.74. The van der Waals surface area contributed by atoms with E-state index >= 15 is 0 Å². The van der Waals surface area contributed by atoms with Crippen molar-refractivity contribution in [2.75, 3.05) is 18.5 Å². The number of hydrogen-bond acceptors (Lipinski definition) is 3. The Labute approximate surface area is 119 Å². The van der Waals surface area contributed by atoms with Crippen LogP contribution in [-0.2, 0) is 22.5 Å². The molecule has 1 unspecified atom stereocenters. The molecule has 4 nitrogen and oxygen atoms in total. The minimum Gasteiger partial charge on any atom is -0.385 e. The molecule has 4 heteroatoms. The third-order valence-electron chi connectivity index (χ3n) is 4.09. The first-order valence-electron chi connectivity index (χ1n) is 7.58. The Morgan fingerprint density at radius 2 is 2.30 bits per heavy atom. The summed E-state index contributed by atoms with van der Waals surface area (Å²) >= 11 is 0. The molecule has 0 aliphatic carbocycles. The van der Waals surface area contributed by atoms with Gasteiger partial charge in [-0.1, -0.05) is 18.2 Å². The number of anilines is 1. The Bertz CT molecular complexity index is 481. The van der Waals surface area contributed by atoms with Crippen LogP contribution in [0, 0.1) is 0 Å². The Hall–Kier alpha value is -1.55. The van der Waals surface area contributed by atoms with Gasteiger partial charge in [-0.2, -0.15) is 0 Å². The van der Waals surface area contributed by atoms with E-state index in [9.17, 15) is 4.79 Å². The highest BCUT2D eigenvalue weighted by molar-refractivity contribution is 5.81. The number of hydrogen-bond donors (Lipinski definition) is 2. The number of benzene rings is 1. The molecule has 2 N–H and O–H groups in total. The fourth-order valence-corrected chi connectivity index (χ4v) is 2.97. The van der Waals surface area contributed by atoms with Gasteiger partial charge in [0.1, 0.15) is 6.10 Å². The third-order valence-corrected chi connectivity index (χ3v) is 4.09. The van der Waals surface area contributed by atoms with Crippen LogP contribution >= 0.6 is 0 Å². The van der Waals surface area contributed by atoms with Gasteiger partial charge in [-0.15, -0.1) is 0 Å². The number of para-hydroxylation sites is 1. The number of ether oxygens (including phenoxy) is 1. The van der Waals surface area contributed by atoms with Crippen molar-refractivity contribution in [1.82, 2.24) is 5.32 Å². The second-order valence-corrected chi connectivity index (χ2v) is 5.55. The molecule has 0 radical (unpaired) electrons. The van der Waals surface area contributed by atoms with Crippen molar-refractivity contribution in [1.29, 1.82) is 0 Å². The molecule has 1 aromatic rings. The molecular weight excluding hydrogens is 252 g/mol. The van der Waals surface area contributed by atoms with E-state index in [2.05, 4.69) is 28.8 Å². The number of carbonyl (C=O) groups is 1. The molecule has 2 aliphatic rings. The molecule has 1 fully saturated rings. The second-order valence-electron chi connectivity index (χ2n) is 5.55. The Morgan fingerprint density at radius 3 is 3.15 bits per heavy atom. The number of amides is 1. The van der Waals surface area contributed by atoms with Gasteiger partial charge in [0.15, 0.2) is 0 Å². The SMILES string of the molecule is O=C(NCc1cccc2c1NCCC2)C1CCCCO1. The van der Waals surface area contributed by atoms with Crippen molar-refractivity contribution in [3.63, 3.8) is 0 Å². The maximum Gasteiger partial charge on any atom is 0.249 e. The van der Waals surface area contributed by atoms with E-state index in [1.54, 1.807) is 0 Å². The lowest BCUT2D eigenvalue weighted by molar-refractivity contribution is -0.135. The van der Waals surface area contributed by atoms with Crippen molar-refractivity contribution in [3.05, 3.63) is 29.3 Å². The lowest BCUT2D eigenvalue weighted by Gasteiger charge is -2.23. The van der Waals surface area contributed by atoms with Crippen molar-refractivity contribution in [2.24, 2.45) is 0 Å². The predicted molar refractivity (Wildman–Crippen MR) is 78.7 cm³/mol. The van der Waals surface area contributed by atoms with Crippen LogP contribution in [0.4, 0.5) is 5.69 Å². The van der Waals surface area contributed by atoms with Gasteiger partial charge >= 0.3 is 0 Å². The molecule has 1 saturated heterocycles. The number of carbonyl (C=O) groups excluding carboxylic acids is 1. The molecule has 1 amide bonds. The molecule has 1 aromatic carbocycles. The lowest BCUT2D eigenvalue weighted by atomic mass is 9.99. The molecule has 2 aliphatic heterocycles. The van der Waals surface area contributed by atoms with Crippen LogP contribution in [0.25, 0.3) is 0 Å². The van der Waals surface area contributed by atoms with E-state index < -0.39 is 0 Å². The highest BCUT2D eigenvalue weighted by Gasteiger charge is 2.22. The van der Waals surface area contributed by atoms with Crippen LogP contribution in [0.3, 0.4) is 0 Å². The summed E-state index contributed by atoms with van der Waals surface area (Å²) < 4.78 is 5.51. The van der Waals surface area contributed by atoms with Gasteiger partial charge in [0, 0.05) is 25.4 Å². The van der Waals surface area contributed by atoms with Crippen LogP contribution in [0.5, 0.6) is 0 Å². The van der Waals surface area contributed by atoms with Gasteiger partial charge < -0.3 is 15.4 Å². The quantitative estimate of drug-likeness (QED) is 0.888. The van der Waals surface area contributed by atoms with Crippen LogP contribution < -0.4 is 10.6 Å². The molecule has 2 heterocycles. The molecule has 20 heavy (non-hydrogen) atoms. The lowest BCUT2D eigenvalue weighted by Crippen LogP contribution is -2.38. The molecular formula is C16H22N2O2. The number of aryl methyl sites for hydroxylation is 1. The zero-order chi connectivity index (χ0) is 13.8. The molecule has 0 bridgehead atoms. The summed E-state index contributed by atoms with van der Waals surface area (Å²) in [6.07, 6.45) is 5.04. The first-order chi connectivity index (χ1) is 9.84.